The number of phenolic OH excluding ortho intramolecular Hbond substituents is 1. The Kier molecular flexibility index (Phi) is 3.19. The van der Waals surface area contributed by atoms with Crippen LogP contribution in [0.5, 0.6) is 5.75 Å². The molecule has 1 fully saturated rings. The summed E-state index contributed by atoms with van der Waals surface area (Å²) in [6.07, 6.45) is -4.22. The van der Waals surface area contributed by atoms with Gasteiger partial charge in [-0.2, -0.15) is 13.2 Å². The molecule has 1 N–H and O–H groups in total. The van der Waals surface area contributed by atoms with E-state index in [1.807, 2.05) is 0 Å². The van der Waals surface area contributed by atoms with Gasteiger partial charge in [-0.25, -0.2) is 0 Å². The molecule has 0 bridgehead atoms. The molecule has 1 heterocycles. The monoisotopic (exact) mass is 259 g/mol. The number of hydrogen-bond acceptors (Lipinski definition) is 2. The first-order valence-electron chi connectivity index (χ1n) is 5.50. The van der Waals surface area contributed by atoms with Crippen LogP contribution in [-0.2, 0) is 11.2 Å². The Morgan fingerprint density at radius 3 is 2.61 bits per heavy atom. The van der Waals surface area contributed by atoms with Gasteiger partial charge in [0.2, 0.25) is 0 Å². The lowest BCUT2D eigenvalue weighted by molar-refractivity contribution is -0.191. The third-order valence-electron chi connectivity index (χ3n) is 2.92. The molecule has 0 aromatic heterocycles. The van der Waals surface area contributed by atoms with Gasteiger partial charge in [-0.05, 0) is 30.0 Å². The summed E-state index contributed by atoms with van der Waals surface area (Å²) >= 11 is 0. The maximum Gasteiger partial charge on any atom is 0.471 e. The first-order chi connectivity index (χ1) is 8.36. The number of amides is 1. The lowest BCUT2D eigenvalue weighted by Crippen LogP contribution is -2.54. The van der Waals surface area contributed by atoms with E-state index in [2.05, 4.69) is 0 Å². The summed E-state index contributed by atoms with van der Waals surface area (Å²) in [6, 6.07) is 6.59. The van der Waals surface area contributed by atoms with Gasteiger partial charge in [0.05, 0.1) is 0 Å². The number of nitrogens with zero attached hydrogens (tertiary/aromatic N) is 1. The standard InChI is InChI=1S/C12H12F3NO2/c13-12(14,15)11(18)16-6-9(7-16)4-8-2-1-3-10(17)5-8/h1-3,5,9,17H,4,6-7H2. The Labute approximate surface area is 102 Å². The van der Waals surface area contributed by atoms with Gasteiger partial charge in [-0.15, -0.1) is 0 Å². The van der Waals surface area contributed by atoms with Crippen molar-refractivity contribution in [3.05, 3.63) is 29.8 Å². The summed E-state index contributed by atoms with van der Waals surface area (Å²) in [5.41, 5.74) is 0.860. The molecule has 0 atom stereocenters. The molecule has 1 aromatic carbocycles. The van der Waals surface area contributed by atoms with Crippen molar-refractivity contribution in [2.45, 2.75) is 12.6 Å². The fourth-order valence-electron chi connectivity index (χ4n) is 2.06. The van der Waals surface area contributed by atoms with E-state index in [0.717, 1.165) is 10.5 Å². The van der Waals surface area contributed by atoms with E-state index in [0.29, 0.717) is 6.42 Å². The van der Waals surface area contributed by atoms with E-state index in [1.54, 1.807) is 18.2 Å². The Bertz CT molecular complexity index is 453. The topological polar surface area (TPSA) is 40.5 Å². The second-order valence-corrected chi connectivity index (χ2v) is 4.45. The minimum atomic E-state index is -4.78. The van der Waals surface area contributed by atoms with E-state index in [9.17, 15) is 23.1 Å². The van der Waals surface area contributed by atoms with E-state index in [4.69, 9.17) is 0 Å². The van der Waals surface area contributed by atoms with Crippen molar-refractivity contribution < 1.29 is 23.1 Å². The van der Waals surface area contributed by atoms with Gasteiger partial charge in [0.15, 0.2) is 0 Å². The van der Waals surface area contributed by atoms with Gasteiger partial charge in [0.1, 0.15) is 5.75 Å². The van der Waals surface area contributed by atoms with Crippen molar-refractivity contribution in [3.8, 4) is 5.75 Å². The van der Waals surface area contributed by atoms with E-state index < -0.39 is 12.1 Å². The Hall–Kier alpha value is -1.72. The average Bonchev–Trinajstić information content (AvgIpc) is 2.20. The summed E-state index contributed by atoms with van der Waals surface area (Å²) in [5.74, 6) is -1.61. The number of benzene rings is 1. The molecule has 1 aliphatic rings. The molecule has 3 nitrogen and oxygen atoms in total. The van der Waals surface area contributed by atoms with E-state index >= 15 is 0 Å². The van der Waals surface area contributed by atoms with Crippen LogP contribution in [0.4, 0.5) is 13.2 Å². The molecule has 1 aliphatic heterocycles. The first-order valence-corrected chi connectivity index (χ1v) is 5.50. The number of carbonyl (C=O) groups excluding carboxylic acids is 1. The van der Waals surface area contributed by atoms with Gasteiger partial charge >= 0.3 is 12.1 Å². The maximum absolute atomic E-state index is 12.1. The average molecular weight is 259 g/mol. The van der Waals surface area contributed by atoms with Crippen molar-refractivity contribution in [1.29, 1.82) is 0 Å². The zero-order valence-corrected chi connectivity index (χ0v) is 9.44. The van der Waals surface area contributed by atoms with Crippen LogP contribution >= 0.6 is 0 Å². The minimum absolute atomic E-state index is 0.0260. The van der Waals surface area contributed by atoms with Crippen molar-refractivity contribution in [2.24, 2.45) is 5.92 Å². The maximum atomic E-state index is 12.1. The second-order valence-electron chi connectivity index (χ2n) is 4.45. The smallest absolute Gasteiger partial charge is 0.471 e. The predicted molar refractivity (Wildman–Crippen MR) is 57.9 cm³/mol. The number of likely N-dealkylation sites (tertiary alicyclic amines) is 1. The highest BCUT2D eigenvalue weighted by Gasteiger charge is 2.46. The molecule has 0 aliphatic carbocycles. The van der Waals surface area contributed by atoms with Gasteiger partial charge in [0, 0.05) is 13.1 Å². The molecule has 2 rings (SSSR count). The molecule has 1 amide bonds. The van der Waals surface area contributed by atoms with Crippen molar-refractivity contribution in [1.82, 2.24) is 4.90 Å². The predicted octanol–water partition coefficient (Wildman–Crippen LogP) is 1.96. The molecule has 0 spiro atoms. The van der Waals surface area contributed by atoms with Crippen LogP contribution in [0.2, 0.25) is 0 Å². The Balaban J connectivity index is 1.85. The number of aromatic hydroxyl groups is 1. The molecule has 0 radical (unpaired) electrons. The summed E-state index contributed by atoms with van der Waals surface area (Å²) in [6.45, 7) is 0.238. The SMILES string of the molecule is O=C(N1CC(Cc2cccc(O)c2)C1)C(F)(F)F. The highest BCUT2D eigenvalue weighted by Crippen LogP contribution is 2.27. The summed E-state index contributed by atoms with van der Waals surface area (Å²) < 4.78 is 36.3. The third kappa shape index (κ3) is 2.75. The van der Waals surface area contributed by atoms with E-state index in [-0.39, 0.29) is 24.8 Å². The number of rotatable bonds is 2. The van der Waals surface area contributed by atoms with Gasteiger partial charge in [0.25, 0.3) is 0 Å². The molecule has 18 heavy (non-hydrogen) atoms. The molecular formula is C12H12F3NO2. The number of halogens is 3. The second kappa shape index (κ2) is 4.51. The minimum Gasteiger partial charge on any atom is -0.508 e. The van der Waals surface area contributed by atoms with Crippen molar-refractivity contribution in [2.75, 3.05) is 13.1 Å². The fraction of sp³-hybridized carbons (Fsp3) is 0.417. The van der Waals surface area contributed by atoms with Crippen LogP contribution in [0.15, 0.2) is 24.3 Å². The van der Waals surface area contributed by atoms with Crippen LogP contribution in [0.25, 0.3) is 0 Å². The van der Waals surface area contributed by atoms with Crippen LogP contribution in [-0.4, -0.2) is 35.2 Å². The normalized spacial score (nSPS) is 16.5. The molecular weight excluding hydrogens is 247 g/mol. The van der Waals surface area contributed by atoms with Gasteiger partial charge in [-0.3, -0.25) is 4.79 Å². The number of phenols is 1. The van der Waals surface area contributed by atoms with Crippen LogP contribution in [0.3, 0.4) is 0 Å². The molecule has 6 heteroatoms. The highest BCUT2D eigenvalue weighted by atomic mass is 19.4. The Morgan fingerprint density at radius 1 is 1.39 bits per heavy atom. The first kappa shape index (κ1) is 12.7. The Morgan fingerprint density at radius 2 is 2.06 bits per heavy atom. The van der Waals surface area contributed by atoms with Crippen LogP contribution in [0.1, 0.15) is 5.56 Å². The summed E-state index contributed by atoms with van der Waals surface area (Å²) in [5, 5.41) is 9.25. The van der Waals surface area contributed by atoms with Crippen molar-refractivity contribution in [3.63, 3.8) is 0 Å². The quantitative estimate of drug-likeness (QED) is 0.882. The zero-order chi connectivity index (χ0) is 13.3. The van der Waals surface area contributed by atoms with Crippen molar-refractivity contribution >= 4 is 5.91 Å². The molecule has 1 aromatic rings. The van der Waals surface area contributed by atoms with Crippen LogP contribution < -0.4 is 0 Å². The molecule has 1 saturated heterocycles. The van der Waals surface area contributed by atoms with Gasteiger partial charge < -0.3 is 10.0 Å². The van der Waals surface area contributed by atoms with Gasteiger partial charge in [-0.1, -0.05) is 12.1 Å². The third-order valence-corrected chi connectivity index (χ3v) is 2.92. The highest BCUT2D eigenvalue weighted by molar-refractivity contribution is 5.82. The number of hydrogen-bond donors (Lipinski definition) is 1. The number of alkyl halides is 3. The summed E-state index contributed by atoms with van der Waals surface area (Å²) in [7, 11) is 0. The van der Waals surface area contributed by atoms with E-state index in [1.165, 1.54) is 6.07 Å². The molecule has 0 unspecified atom stereocenters. The van der Waals surface area contributed by atoms with Crippen LogP contribution in [0, 0.1) is 5.92 Å². The largest absolute Gasteiger partial charge is 0.508 e. The molecule has 0 saturated carbocycles. The number of carbonyl (C=O) groups is 1. The fourth-order valence-corrected chi connectivity index (χ4v) is 2.06. The lowest BCUT2D eigenvalue weighted by Gasteiger charge is -2.39. The molecule has 98 valence electrons. The zero-order valence-electron chi connectivity index (χ0n) is 9.44. The summed E-state index contributed by atoms with van der Waals surface area (Å²) in [4.78, 5) is 11.7. The lowest BCUT2D eigenvalue weighted by atomic mass is 9.92.